The molecule has 0 amide bonds. The molecule has 0 aliphatic carbocycles. The van der Waals surface area contributed by atoms with Crippen molar-refractivity contribution >= 4 is 33.1 Å². The topological polar surface area (TPSA) is 89.5 Å². The molecular formula is C15H12F3NO5S2. The number of ether oxygens (including phenoxy) is 1. The number of carbonyl (C=O) groups is 2. The summed E-state index contributed by atoms with van der Waals surface area (Å²) >= 11 is 1.21. The molecular weight excluding hydrogens is 395 g/mol. The van der Waals surface area contributed by atoms with Gasteiger partial charge < -0.3 is 4.74 Å². The third-order valence-electron chi connectivity index (χ3n) is 3.08. The second-order valence-electron chi connectivity index (χ2n) is 4.99. The van der Waals surface area contributed by atoms with Crippen molar-refractivity contribution in [3.8, 4) is 0 Å². The van der Waals surface area contributed by atoms with Crippen LogP contribution >= 0.6 is 11.3 Å². The summed E-state index contributed by atoms with van der Waals surface area (Å²) in [6, 6.07) is 4.23. The average molecular weight is 407 g/mol. The van der Waals surface area contributed by atoms with E-state index in [0.717, 1.165) is 4.88 Å². The monoisotopic (exact) mass is 407 g/mol. The fourth-order valence-corrected chi connectivity index (χ4v) is 3.63. The summed E-state index contributed by atoms with van der Waals surface area (Å²) in [7, 11) is -4.63. The minimum Gasteiger partial charge on any atom is -0.456 e. The largest absolute Gasteiger partial charge is 0.456 e. The summed E-state index contributed by atoms with van der Waals surface area (Å²) in [6.45, 7) is 0.275. The van der Waals surface area contributed by atoms with Gasteiger partial charge in [0.1, 0.15) is 11.4 Å². The number of hydrogen-bond donors (Lipinski definition) is 1. The molecule has 1 heterocycles. The molecule has 0 bridgehead atoms. The molecule has 0 fully saturated rings. The van der Waals surface area contributed by atoms with E-state index in [1.165, 1.54) is 11.3 Å². The first-order chi connectivity index (χ1) is 12.1. The Hall–Kier alpha value is -2.24. The van der Waals surface area contributed by atoms with Gasteiger partial charge in [-0.05, 0) is 31.2 Å². The highest BCUT2D eigenvalue weighted by Gasteiger charge is 2.25. The van der Waals surface area contributed by atoms with E-state index in [9.17, 15) is 31.2 Å². The number of nitrogens with one attached hydrogen (secondary N) is 1. The number of carbonyl (C=O) groups excluding carboxylic acids is 2. The highest BCUT2D eigenvalue weighted by atomic mass is 32.2. The molecule has 0 aliphatic rings. The molecule has 0 saturated heterocycles. The molecule has 2 aromatic rings. The Morgan fingerprint density at radius 2 is 1.81 bits per heavy atom. The lowest BCUT2D eigenvalue weighted by Gasteiger charge is -2.08. The molecule has 1 N–H and O–H groups in total. The van der Waals surface area contributed by atoms with Crippen molar-refractivity contribution in [3.63, 3.8) is 0 Å². The Labute approximate surface area is 150 Å². The number of Topliss-reactive ketones (excluding diaryl/α,β-unsaturated/α-hetero) is 1. The standard InChI is InChI=1S/C15H12F3NO5S2/c1-8-2-4-11(25-8)10(20)7-24-13(21)6-19-26(22,23)12-5-3-9(16)14(17)15(12)18/h2-5,19H,6-7H2,1H3. The van der Waals surface area contributed by atoms with Crippen LogP contribution in [0.25, 0.3) is 0 Å². The fraction of sp³-hybridized carbons (Fsp3) is 0.200. The van der Waals surface area contributed by atoms with Gasteiger partial charge in [-0.15, -0.1) is 11.3 Å². The Morgan fingerprint density at radius 3 is 2.42 bits per heavy atom. The van der Waals surface area contributed by atoms with Gasteiger partial charge in [0, 0.05) is 4.88 Å². The molecule has 2 rings (SSSR count). The maximum absolute atomic E-state index is 13.5. The number of esters is 1. The minimum absolute atomic E-state index is 0.375. The number of sulfonamides is 1. The van der Waals surface area contributed by atoms with Gasteiger partial charge in [0.25, 0.3) is 0 Å². The van der Waals surface area contributed by atoms with Crippen LogP contribution in [0.5, 0.6) is 0 Å². The molecule has 0 atom stereocenters. The predicted octanol–water partition coefficient (Wildman–Crippen LogP) is 2.18. The minimum atomic E-state index is -4.63. The number of benzene rings is 1. The van der Waals surface area contributed by atoms with Crippen LogP contribution in [0.15, 0.2) is 29.2 Å². The normalized spacial score (nSPS) is 11.4. The molecule has 0 radical (unpaired) electrons. The fourth-order valence-electron chi connectivity index (χ4n) is 1.80. The molecule has 11 heteroatoms. The highest BCUT2D eigenvalue weighted by molar-refractivity contribution is 7.89. The molecule has 1 aromatic carbocycles. The Morgan fingerprint density at radius 1 is 1.12 bits per heavy atom. The van der Waals surface area contributed by atoms with Crippen molar-refractivity contribution in [1.29, 1.82) is 0 Å². The first-order valence-electron chi connectivity index (χ1n) is 7.00. The lowest BCUT2D eigenvalue weighted by molar-refractivity contribution is -0.141. The SMILES string of the molecule is Cc1ccc(C(=O)COC(=O)CNS(=O)(=O)c2ccc(F)c(F)c2F)s1. The first-order valence-corrected chi connectivity index (χ1v) is 9.30. The van der Waals surface area contributed by atoms with Crippen LogP contribution in [0.4, 0.5) is 13.2 Å². The number of thiophene rings is 1. The van der Waals surface area contributed by atoms with Crippen molar-refractivity contribution in [1.82, 2.24) is 4.72 Å². The van der Waals surface area contributed by atoms with Crippen LogP contribution in [0.1, 0.15) is 14.5 Å². The zero-order valence-electron chi connectivity index (χ0n) is 13.2. The van der Waals surface area contributed by atoms with E-state index in [1.807, 2.05) is 0 Å². The van der Waals surface area contributed by atoms with Crippen LogP contribution in [0.3, 0.4) is 0 Å². The lowest BCUT2D eigenvalue weighted by atomic mass is 10.3. The third kappa shape index (κ3) is 4.68. The van der Waals surface area contributed by atoms with Crippen molar-refractivity contribution in [3.05, 3.63) is 51.5 Å². The zero-order chi connectivity index (χ0) is 19.5. The van der Waals surface area contributed by atoms with E-state index < -0.39 is 57.3 Å². The van der Waals surface area contributed by atoms with Crippen molar-refractivity contribution in [2.75, 3.05) is 13.2 Å². The number of halogens is 3. The van der Waals surface area contributed by atoms with Gasteiger partial charge in [-0.25, -0.2) is 21.6 Å². The van der Waals surface area contributed by atoms with E-state index in [-0.39, 0.29) is 0 Å². The number of hydrogen-bond acceptors (Lipinski definition) is 6. The Kier molecular flexibility index (Phi) is 6.16. The maximum Gasteiger partial charge on any atom is 0.321 e. The van der Waals surface area contributed by atoms with Gasteiger partial charge in [0.2, 0.25) is 15.8 Å². The van der Waals surface area contributed by atoms with E-state index in [1.54, 1.807) is 23.8 Å². The Balaban J connectivity index is 1.94. The molecule has 0 unspecified atom stereocenters. The summed E-state index contributed by atoms with van der Waals surface area (Å²) < 4.78 is 69.6. The van der Waals surface area contributed by atoms with Gasteiger partial charge in [-0.2, -0.15) is 4.72 Å². The highest BCUT2D eigenvalue weighted by Crippen LogP contribution is 2.19. The maximum atomic E-state index is 13.5. The second-order valence-corrected chi connectivity index (χ2v) is 8.02. The summed E-state index contributed by atoms with van der Waals surface area (Å²) in [4.78, 5) is 23.4. The number of rotatable bonds is 7. The van der Waals surface area contributed by atoms with E-state index in [4.69, 9.17) is 0 Å². The quantitative estimate of drug-likeness (QED) is 0.432. The molecule has 26 heavy (non-hydrogen) atoms. The third-order valence-corrected chi connectivity index (χ3v) is 5.54. The Bertz CT molecular complexity index is 956. The predicted molar refractivity (Wildman–Crippen MR) is 85.9 cm³/mol. The van der Waals surface area contributed by atoms with Crippen LogP contribution in [0, 0.1) is 24.4 Å². The van der Waals surface area contributed by atoms with Gasteiger partial charge in [-0.3, -0.25) is 9.59 Å². The van der Waals surface area contributed by atoms with Crippen LogP contribution < -0.4 is 4.72 Å². The summed E-state index contributed by atoms with van der Waals surface area (Å²) in [5.41, 5.74) is 0. The van der Waals surface area contributed by atoms with Crippen molar-refractivity contribution in [2.24, 2.45) is 0 Å². The van der Waals surface area contributed by atoms with Crippen LogP contribution in [-0.2, 0) is 19.6 Å². The van der Waals surface area contributed by atoms with Gasteiger partial charge in [0.05, 0.1) is 4.88 Å². The van der Waals surface area contributed by atoms with Crippen LogP contribution in [0.2, 0.25) is 0 Å². The summed E-state index contributed by atoms with van der Waals surface area (Å²) in [5, 5.41) is 0. The van der Waals surface area contributed by atoms with E-state index >= 15 is 0 Å². The van der Waals surface area contributed by atoms with E-state index in [0.29, 0.717) is 17.0 Å². The van der Waals surface area contributed by atoms with Crippen LogP contribution in [-0.4, -0.2) is 33.3 Å². The zero-order valence-corrected chi connectivity index (χ0v) is 14.8. The van der Waals surface area contributed by atoms with E-state index in [2.05, 4.69) is 4.74 Å². The van der Waals surface area contributed by atoms with Crippen molar-refractivity contribution < 1.29 is 35.9 Å². The van der Waals surface area contributed by atoms with Gasteiger partial charge >= 0.3 is 5.97 Å². The molecule has 140 valence electrons. The molecule has 0 saturated carbocycles. The smallest absolute Gasteiger partial charge is 0.321 e. The number of ketones is 1. The summed E-state index contributed by atoms with van der Waals surface area (Å²) in [5.74, 6) is -6.98. The average Bonchev–Trinajstić information content (AvgIpc) is 3.02. The molecule has 0 aliphatic heterocycles. The first kappa shape index (κ1) is 20.1. The van der Waals surface area contributed by atoms with Gasteiger partial charge in [0.15, 0.2) is 24.1 Å². The molecule has 1 aromatic heterocycles. The van der Waals surface area contributed by atoms with Crippen molar-refractivity contribution in [2.45, 2.75) is 11.8 Å². The number of aryl methyl sites for hydroxylation is 1. The lowest BCUT2D eigenvalue weighted by Crippen LogP contribution is -2.32. The van der Waals surface area contributed by atoms with Gasteiger partial charge in [-0.1, -0.05) is 0 Å². The summed E-state index contributed by atoms with van der Waals surface area (Å²) in [6.07, 6.45) is 0. The molecule has 0 spiro atoms. The molecule has 6 nitrogen and oxygen atoms in total. The second kappa shape index (κ2) is 7.98.